The van der Waals surface area contributed by atoms with Crippen molar-refractivity contribution in [3.05, 3.63) is 58.9 Å². The van der Waals surface area contributed by atoms with Gasteiger partial charge in [-0.3, -0.25) is 9.59 Å². The lowest BCUT2D eigenvalue weighted by molar-refractivity contribution is -0.122. The van der Waals surface area contributed by atoms with E-state index in [1.165, 1.54) is 12.0 Å². The highest BCUT2D eigenvalue weighted by atomic mass is 16.5. The summed E-state index contributed by atoms with van der Waals surface area (Å²) in [5.41, 5.74) is 8.66. The Morgan fingerprint density at radius 3 is 2.67 bits per heavy atom. The van der Waals surface area contributed by atoms with E-state index >= 15 is 0 Å². The van der Waals surface area contributed by atoms with Gasteiger partial charge in [-0.1, -0.05) is 24.3 Å². The van der Waals surface area contributed by atoms with Gasteiger partial charge in [0.2, 0.25) is 5.91 Å². The van der Waals surface area contributed by atoms with Gasteiger partial charge in [-0.2, -0.15) is 0 Å². The van der Waals surface area contributed by atoms with Gasteiger partial charge in [-0.05, 0) is 29.7 Å². The van der Waals surface area contributed by atoms with E-state index in [0.29, 0.717) is 18.7 Å². The fourth-order valence-electron chi connectivity index (χ4n) is 2.99. The molecular weight excluding hydrogens is 306 g/mol. The summed E-state index contributed by atoms with van der Waals surface area (Å²) < 4.78 is 5.28. The molecule has 0 radical (unpaired) electrons. The molecule has 1 aromatic carbocycles. The molecule has 1 atom stereocenters. The van der Waals surface area contributed by atoms with E-state index in [9.17, 15) is 9.59 Å². The van der Waals surface area contributed by atoms with Crippen molar-refractivity contribution < 1.29 is 14.3 Å². The minimum Gasteiger partial charge on any atom is -0.494 e. The van der Waals surface area contributed by atoms with Crippen LogP contribution < -0.4 is 10.5 Å². The van der Waals surface area contributed by atoms with Crippen LogP contribution in [0.15, 0.2) is 36.5 Å². The highest BCUT2D eigenvalue weighted by Gasteiger charge is 2.35. The van der Waals surface area contributed by atoms with Crippen molar-refractivity contribution in [1.82, 2.24) is 9.88 Å². The summed E-state index contributed by atoms with van der Waals surface area (Å²) in [5, 5.41) is 0. The summed E-state index contributed by atoms with van der Waals surface area (Å²) in [4.78, 5) is 30.6. The molecule has 2 aromatic rings. The summed E-state index contributed by atoms with van der Waals surface area (Å²) in [6, 6.07) is 8.79. The van der Waals surface area contributed by atoms with Crippen molar-refractivity contribution in [2.45, 2.75) is 25.9 Å². The monoisotopic (exact) mass is 325 g/mol. The van der Waals surface area contributed by atoms with E-state index in [1.807, 2.05) is 31.2 Å². The molecule has 0 spiro atoms. The maximum absolute atomic E-state index is 13.0. The van der Waals surface area contributed by atoms with Crippen LogP contribution in [0.5, 0.6) is 5.75 Å². The number of methoxy groups -OCH3 is 1. The van der Waals surface area contributed by atoms with Crippen molar-refractivity contribution in [3.63, 3.8) is 0 Å². The maximum Gasteiger partial charge on any atom is 0.277 e. The van der Waals surface area contributed by atoms with Crippen molar-refractivity contribution >= 4 is 11.8 Å². The second-order valence-electron chi connectivity index (χ2n) is 5.89. The number of fused-ring (bicyclic) bond motifs is 1. The van der Waals surface area contributed by atoms with E-state index in [4.69, 9.17) is 10.5 Å². The number of amides is 2. The molecule has 0 bridgehead atoms. The first-order valence-corrected chi connectivity index (χ1v) is 7.69. The number of ether oxygens (including phenoxy) is 1. The van der Waals surface area contributed by atoms with Gasteiger partial charge in [0.15, 0.2) is 5.69 Å². The molecule has 1 aliphatic rings. The number of benzene rings is 1. The molecule has 0 fully saturated rings. The molecule has 2 heterocycles. The fraction of sp³-hybridized carbons (Fsp3) is 0.278. The Balaban J connectivity index is 2.00. The van der Waals surface area contributed by atoms with Crippen LogP contribution in [0.1, 0.15) is 27.2 Å². The lowest BCUT2D eigenvalue weighted by Crippen LogP contribution is -2.51. The van der Waals surface area contributed by atoms with Crippen molar-refractivity contribution in [2.24, 2.45) is 5.73 Å². The van der Waals surface area contributed by atoms with Gasteiger partial charge in [-0.15, -0.1) is 0 Å². The molecule has 0 aliphatic carbocycles. The Bertz CT molecular complexity index is 804. The van der Waals surface area contributed by atoms with E-state index in [1.54, 1.807) is 12.3 Å². The number of nitrogens with two attached hydrogens (primary N) is 1. The number of hydrogen-bond donors (Lipinski definition) is 1. The number of aryl methyl sites for hydroxylation is 1. The van der Waals surface area contributed by atoms with Gasteiger partial charge in [0, 0.05) is 19.2 Å². The van der Waals surface area contributed by atoms with Crippen LogP contribution in [-0.4, -0.2) is 34.8 Å². The summed E-state index contributed by atoms with van der Waals surface area (Å²) in [6.07, 6.45) is 2.01. The van der Waals surface area contributed by atoms with Gasteiger partial charge in [-0.25, -0.2) is 4.98 Å². The first kappa shape index (κ1) is 16.0. The topological polar surface area (TPSA) is 85.5 Å². The molecule has 2 N–H and O–H groups in total. The SMILES string of the molecule is COc1cc(C)cnc1C(=O)N1Cc2ccccc2C[C@H]1C(N)=O. The summed E-state index contributed by atoms with van der Waals surface area (Å²) in [5.74, 6) is -0.490. The number of hydrogen-bond acceptors (Lipinski definition) is 4. The number of pyridine rings is 1. The number of rotatable bonds is 3. The van der Waals surface area contributed by atoms with E-state index in [-0.39, 0.29) is 11.6 Å². The number of carbonyl (C=O) groups excluding carboxylic acids is 2. The quantitative estimate of drug-likeness (QED) is 0.925. The molecule has 124 valence electrons. The molecule has 0 saturated carbocycles. The predicted octanol–water partition coefficient (Wildman–Crippen LogP) is 1.45. The zero-order chi connectivity index (χ0) is 17.3. The average molecular weight is 325 g/mol. The normalized spacial score (nSPS) is 16.4. The van der Waals surface area contributed by atoms with Crippen LogP contribution in [0.2, 0.25) is 0 Å². The van der Waals surface area contributed by atoms with Crippen LogP contribution in [-0.2, 0) is 17.8 Å². The molecule has 2 amide bonds. The average Bonchev–Trinajstić information content (AvgIpc) is 2.59. The lowest BCUT2D eigenvalue weighted by atomic mass is 9.93. The smallest absolute Gasteiger partial charge is 0.277 e. The molecule has 1 aromatic heterocycles. The number of carbonyl (C=O) groups is 2. The summed E-state index contributed by atoms with van der Waals surface area (Å²) >= 11 is 0. The first-order chi connectivity index (χ1) is 11.5. The largest absolute Gasteiger partial charge is 0.494 e. The minimum atomic E-state index is -0.694. The van der Waals surface area contributed by atoms with Gasteiger partial charge in [0.05, 0.1) is 7.11 Å². The summed E-state index contributed by atoms with van der Waals surface area (Å²) in [6.45, 7) is 2.19. The van der Waals surface area contributed by atoms with E-state index in [2.05, 4.69) is 4.98 Å². The maximum atomic E-state index is 13.0. The molecule has 0 saturated heterocycles. The van der Waals surface area contributed by atoms with Crippen LogP contribution in [0, 0.1) is 6.92 Å². The third-order valence-corrected chi connectivity index (χ3v) is 4.25. The van der Waals surface area contributed by atoms with Crippen molar-refractivity contribution in [1.29, 1.82) is 0 Å². The molecule has 3 rings (SSSR count). The molecule has 6 heteroatoms. The van der Waals surface area contributed by atoms with Crippen LogP contribution in [0.25, 0.3) is 0 Å². The van der Waals surface area contributed by atoms with Crippen molar-refractivity contribution in [3.8, 4) is 5.75 Å². The van der Waals surface area contributed by atoms with Gasteiger partial charge in [0.25, 0.3) is 5.91 Å². The second-order valence-corrected chi connectivity index (χ2v) is 5.89. The third kappa shape index (κ3) is 2.82. The molecular formula is C18H19N3O3. The van der Waals surface area contributed by atoms with Gasteiger partial charge < -0.3 is 15.4 Å². The van der Waals surface area contributed by atoms with Crippen LogP contribution >= 0.6 is 0 Å². The number of primary amides is 1. The zero-order valence-electron chi connectivity index (χ0n) is 13.7. The Labute approximate surface area is 140 Å². The van der Waals surface area contributed by atoms with Gasteiger partial charge in [0.1, 0.15) is 11.8 Å². The van der Waals surface area contributed by atoms with E-state index < -0.39 is 11.9 Å². The standard InChI is InChI=1S/C18H19N3O3/c1-11-7-15(24-2)16(20-9-11)18(23)21-10-13-6-4-3-5-12(13)8-14(21)17(19)22/h3-7,9,14H,8,10H2,1-2H3,(H2,19,22)/t14-/m0/s1. The Morgan fingerprint density at radius 2 is 2.00 bits per heavy atom. The number of aromatic nitrogens is 1. The second kappa shape index (κ2) is 6.31. The minimum absolute atomic E-state index is 0.189. The van der Waals surface area contributed by atoms with E-state index in [0.717, 1.165) is 16.7 Å². The summed E-state index contributed by atoms with van der Waals surface area (Å²) in [7, 11) is 1.49. The Kier molecular flexibility index (Phi) is 4.20. The predicted molar refractivity (Wildman–Crippen MR) is 88.5 cm³/mol. The Morgan fingerprint density at radius 1 is 1.29 bits per heavy atom. The highest BCUT2D eigenvalue weighted by Crippen LogP contribution is 2.27. The van der Waals surface area contributed by atoms with Crippen LogP contribution in [0.4, 0.5) is 0 Å². The fourth-order valence-corrected chi connectivity index (χ4v) is 2.99. The lowest BCUT2D eigenvalue weighted by Gasteiger charge is -2.35. The van der Waals surface area contributed by atoms with Gasteiger partial charge >= 0.3 is 0 Å². The number of nitrogens with zero attached hydrogens (tertiary/aromatic N) is 2. The third-order valence-electron chi connectivity index (χ3n) is 4.25. The molecule has 6 nitrogen and oxygen atoms in total. The Hall–Kier alpha value is -2.89. The van der Waals surface area contributed by atoms with Crippen molar-refractivity contribution in [2.75, 3.05) is 7.11 Å². The zero-order valence-corrected chi connectivity index (χ0v) is 13.7. The highest BCUT2D eigenvalue weighted by molar-refractivity contribution is 5.98. The molecule has 0 unspecified atom stereocenters. The first-order valence-electron chi connectivity index (χ1n) is 7.69. The van der Waals surface area contributed by atoms with Crippen LogP contribution in [0.3, 0.4) is 0 Å². The molecule has 24 heavy (non-hydrogen) atoms. The molecule has 1 aliphatic heterocycles.